The van der Waals surface area contributed by atoms with E-state index in [2.05, 4.69) is 45.2 Å². The fourth-order valence-corrected chi connectivity index (χ4v) is 1.92. The predicted octanol–water partition coefficient (Wildman–Crippen LogP) is 4.49. The molecule has 0 bridgehead atoms. The summed E-state index contributed by atoms with van der Waals surface area (Å²) in [6.45, 7) is 12.1. The van der Waals surface area contributed by atoms with Crippen LogP contribution in [0.1, 0.15) is 37.0 Å². The Hall–Kier alpha value is -1.30. The van der Waals surface area contributed by atoms with Gasteiger partial charge in [0.05, 0.1) is 0 Å². The van der Waals surface area contributed by atoms with Gasteiger partial charge in [-0.3, -0.25) is 0 Å². The van der Waals surface area contributed by atoms with E-state index >= 15 is 0 Å². The Morgan fingerprint density at radius 1 is 1.19 bits per heavy atom. The lowest BCUT2D eigenvalue weighted by Crippen LogP contribution is -1.94. The average Bonchev–Trinajstić information content (AvgIpc) is 2.35. The molecule has 0 heteroatoms. The SMILES string of the molecule is C=CC(=C)CCc1ccc(CC)c(CC)c1. The molecule has 16 heavy (non-hydrogen) atoms. The lowest BCUT2D eigenvalue weighted by atomic mass is 9.97. The van der Waals surface area contributed by atoms with E-state index in [-0.39, 0.29) is 0 Å². The minimum Gasteiger partial charge on any atom is -0.0988 e. The zero-order chi connectivity index (χ0) is 12.0. The molecule has 0 aliphatic carbocycles. The molecular weight excluding hydrogens is 192 g/mol. The summed E-state index contributed by atoms with van der Waals surface area (Å²) in [7, 11) is 0. The first-order chi connectivity index (χ1) is 7.71. The fraction of sp³-hybridized carbons (Fsp3) is 0.375. The monoisotopic (exact) mass is 214 g/mol. The first-order valence-corrected chi connectivity index (χ1v) is 6.12. The van der Waals surface area contributed by atoms with Crippen LogP contribution in [0.15, 0.2) is 43.0 Å². The Morgan fingerprint density at radius 2 is 1.88 bits per heavy atom. The molecule has 0 aromatic heterocycles. The summed E-state index contributed by atoms with van der Waals surface area (Å²) in [6, 6.07) is 6.86. The van der Waals surface area contributed by atoms with Crippen molar-refractivity contribution in [2.24, 2.45) is 0 Å². The summed E-state index contributed by atoms with van der Waals surface area (Å²) in [5, 5.41) is 0. The van der Waals surface area contributed by atoms with E-state index in [1.165, 1.54) is 16.7 Å². The minimum atomic E-state index is 1.01. The summed E-state index contributed by atoms with van der Waals surface area (Å²) in [6.07, 6.45) is 6.18. The molecule has 1 rings (SSSR count). The van der Waals surface area contributed by atoms with Crippen molar-refractivity contribution in [3.63, 3.8) is 0 Å². The van der Waals surface area contributed by atoms with Crippen molar-refractivity contribution in [2.75, 3.05) is 0 Å². The largest absolute Gasteiger partial charge is 0.0988 e. The van der Waals surface area contributed by atoms with E-state index in [1.54, 1.807) is 0 Å². The van der Waals surface area contributed by atoms with Crippen LogP contribution in [-0.2, 0) is 19.3 Å². The van der Waals surface area contributed by atoms with Gasteiger partial charge in [-0.1, -0.05) is 56.9 Å². The van der Waals surface area contributed by atoms with Crippen molar-refractivity contribution < 1.29 is 0 Å². The molecule has 0 heterocycles. The normalized spacial score (nSPS) is 10.1. The highest BCUT2D eigenvalue weighted by molar-refractivity contribution is 5.32. The van der Waals surface area contributed by atoms with Crippen molar-refractivity contribution in [1.82, 2.24) is 0 Å². The standard InChI is InChI=1S/C16H22/c1-5-13(4)8-9-14-10-11-15(6-2)16(7-3)12-14/h5,10-12H,1,4,6-9H2,2-3H3. The molecule has 0 N–H and O–H groups in total. The minimum absolute atomic E-state index is 1.01. The van der Waals surface area contributed by atoms with Crippen molar-refractivity contribution in [1.29, 1.82) is 0 Å². The quantitative estimate of drug-likeness (QED) is 0.612. The predicted molar refractivity (Wildman–Crippen MR) is 72.9 cm³/mol. The molecule has 0 nitrogen and oxygen atoms in total. The second-order valence-corrected chi connectivity index (χ2v) is 4.17. The Balaban J connectivity index is 2.75. The highest BCUT2D eigenvalue weighted by Gasteiger charge is 2.01. The number of rotatable bonds is 6. The summed E-state index contributed by atoms with van der Waals surface area (Å²) in [4.78, 5) is 0. The van der Waals surface area contributed by atoms with Gasteiger partial charge in [-0.2, -0.15) is 0 Å². The fourth-order valence-electron chi connectivity index (χ4n) is 1.92. The van der Waals surface area contributed by atoms with E-state index < -0.39 is 0 Å². The van der Waals surface area contributed by atoms with Crippen molar-refractivity contribution in [2.45, 2.75) is 39.5 Å². The van der Waals surface area contributed by atoms with Crippen LogP contribution < -0.4 is 0 Å². The number of hydrogen-bond acceptors (Lipinski definition) is 0. The molecule has 1 aromatic rings. The van der Waals surface area contributed by atoms with Gasteiger partial charge in [0.2, 0.25) is 0 Å². The van der Waals surface area contributed by atoms with Crippen molar-refractivity contribution in [3.05, 3.63) is 59.7 Å². The molecule has 0 amide bonds. The van der Waals surface area contributed by atoms with Crippen LogP contribution in [0.4, 0.5) is 0 Å². The summed E-state index contributed by atoms with van der Waals surface area (Å²) in [5.41, 5.74) is 5.51. The summed E-state index contributed by atoms with van der Waals surface area (Å²) >= 11 is 0. The van der Waals surface area contributed by atoms with Gasteiger partial charge in [-0.25, -0.2) is 0 Å². The molecule has 0 unspecified atom stereocenters. The van der Waals surface area contributed by atoms with Gasteiger partial charge in [-0.05, 0) is 42.4 Å². The second kappa shape index (κ2) is 6.32. The first-order valence-electron chi connectivity index (χ1n) is 6.12. The topological polar surface area (TPSA) is 0 Å². The maximum Gasteiger partial charge on any atom is -0.0238 e. The van der Waals surface area contributed by atoms with Crippen molar-refractivity contribution >= 4 is 0 Å². The average molecular weight is 214 g/mol. The first kappa shape index (κ1) is 12.8. The van der Waals surface area contributed by atoms with Crippen LogP contribution in [0.25, 0.3) is 0 Å². The highest BCUT2D eigenvalue weighted by Crippen LogP contribution is 2.16. The maximum absolute atomic E-state index is 3.95. The number of benzene rings is 1. The Bertz CT molecular complexity index is 372. The molecule has 86 valence electrons. The van der Waals surface area contributed by atoms with Gasteiger partial charge >= 0.3 is 0 Å². The third-order valence-electron chi connectivity index (χ3n) is 3.06. The molecule has 0 radical (unpaired) electrons. The molecule has 0 saturated heterocycles. The lowest BCUT2D eigenvalue weighted by molar-refractivity contribution is 0.951. The molecule has 1 aromatic carbocycles. The van der Waals surface area contributed by atoms with Gasteiger partial charge in [0, 0.05) is 0 Å². The van der Waals surface area contributed by atoms with E-state index in [1.807, 2.05) is 6.08 Å². The second-order valence-electron chi connectivity index (χ2n) is 4.17. The van der Waals surface area contributed by atoms with Gasteiger partial charge in [-0.15, -0.1) is 0 Å². The van der Waals surface area contributed by atoms with Crippen LogP contribution in [0.2, 0.25) is 0 Å². The molecule has 0 fully saturated rings. The van der Waals surface area contributed by atoms with Crippen molar-refractivity contribution in [3.8, 4) is 0 Å². The molecule has 0 saturated carbocycles. The van der Waals surface area contributed by atoms with E-state index in [9.17, 15) is 0 Å². The Labute approximate surface area is 99.7 Å². The Kier molecular flexibility index (Phi) is 5.04. The maximum atomic E-state index is 3.95. The van der Waals surface area contributed by atoms with Crippen LogP contribution in [0.5, 0.6) is 0 Å². The Morgan fingerprint density at radius 3 is 2.44 bits per heavy atom. The van der Waals surface area contributed by atoms with E-state index in [0.717, 1.165) is 31.3 Å². The third kappa shape index (κ3) is 3.37. The van der Waals surface area contributed by atoms with E-state index in [4.69, 9.17) is 0 Å². The van der Waals surface area contributed by atoms with Crippen LogP contribution in [0.3, 0.4) is 0 Å². The van der Waals surface area contributed by atoms with Crippen LogP contribution in [0, 0.1) is 0 Å². The van der Waals surface area contributed by atoms with Gasteiger partial charge < -0.3 is 0 Å². The summed E-state index contributed by atoms with van der Waals surface area (Å²) < 4.78 is 0. The van der Waals surface area contributed by atoms with Crippen LogP contribution in [-0.4, -0.2) is 0 Å². The van der Waals surface area contributed by atoms with Crippen LogP contribution >= 0.6 is 0 Å². The third-order valence-corrected chi connectivity index (χ3v) is 3.06. The van der Waals surface area contributed by atoms with Gasteiger partial charge in [0.25, 0.3) is 0 Å². The van der Waals surface area contributed by atoms with Gasteiger partial charge in [0.15, 0.2) is 0 Å². The molecule has 0 aliphatic heterocycles. The highest BCUT2D eigenvalue weighted by atomic mass is 14.1. The molecule has 0 aliphatic rings. The molecule has 0 spiro atoms. The number of aryl methyl sites for hydroxylation is 3. The number of hydrogen-bond donors (Lipinski definition) is 0. The zero-order valence-corrected chi connectivity index (χ0v) is 10.6. The lowest BCUT2D eigenvalue weighted by Gasteiger charge is -2.09. The van der Waals surface area contributed by atoms with E-state index in [0.29, 0.717) is 0 Å². The molecular formula is C16H22. The zero-order valence-electron chi connectivity index (χ0n) is 10.6. The number of allylic oxidation sites excluding steroid dienone is 2. The molecule has 0 atom stereocenters. The summed E-state index contributed by atoms with van der Waals surface area (Å²) in [5.74, 6) is 0. The smallest absolute Gasteiger partial charge is 0.0238 e. The van der Waals surface area contributed by atoms with Gasteiger partial charge in [0.1, 0.15) is 0 Å².